The molecule has 0 bridgehead atoms. The van der Waals surface area contributed by atoms with E-state index in [4.69, 9.17) is 0 Å². The summed E-state index contributed by atoms with van der Waals surface area (Å²) in [5.41, 5.74) is 2.42. The molecule has 1 heterocycles. The fraction of sp³-hybridized carbons (Fsp3) is 0.357. The van der Waals surface area contributed by atoms with Crippen molar-refractivity contribution in [2.45, 2.75) is 32.9 Å². The van der Waals surface area contributed by atoms with Gasteiger partial charge in [-0.2, -0.15) is 0 Å². The van der Waals surface area contributed by atoms with Gasteiger partial charge in [-0.15, -0.1) is 11.3 Å². The van der Waals surface area contributed by atoms with E-state index < -0.39 is 0 Å². The summed E-state index contributed by atoms with van der Waals surface area (Å²) in [7, 11) is 0. The van der Waals surface area contributed by atoms with Crippen LogP contribution in [-0.4, -0.2) is 4.98 Å². The number of nitrogens with zero attached hydrogens (tertiary/aromatic N) is 1. The minimum absolute atomic E-state index is 0.272. The van der Waals surface area contributed by atoms with Crippen molar-refractivity contribution in [3.05, 3.63) is 50.4 Å². The summed E-state index contributed by atoms with van der Waals surface area (Å²) in [4.78, 5) is 4.52. The van der Waals surface area contributed by atoms with Gasteiger partial charge in [-0.3, -0.25) is 0 Å². The molecule has 0 aliphatic rings. The maximum atomic E-state index is 4.52. The SMILES string of the molecule is Cc1nc(C(C)NC(C)c2ccc(Br)cc2)cs1. The van der Waals surface area contributed by atoms with Crippen LogP contribution in [0.1, 0.15) is 42.2 Å². The normalized spacial score (nSPS) is 14.4. The van der Waals surface area contributed by atoms with Gasteiger partial charge in [0.05, 0.1) is 10.7 Å². The van der Waals surface area contributed by atoms with E-state index in [0.717, 1.165) is 15.2 Å². The first-order valence-corrected chi connectivity index (χ1v) is 7.67. The minimum atomic E-state index is 0.272. The summed E-state index contributed by atoms with van der Waals surface area (Å²) in [5, 5.41) is 6.82. The molecule has 0 aliphatic heterocycles. The summed E-state index contributed by atoms with van der Waals surface area (Å²) >= 11 is 5.16. The summed E-state index contributed by atoms with van der Waals surface area (Å²) in [6, 6.07) is 9.02. The first-order valence-electron chi connectivity index (χ1n) is 6.00. The summed E-state index contributed by atoms with van der Waals surface area (Å²) < 4.78 is 1.11. The molecule has 0 aliphatic carbocycles. The third-order valence-corrected chi connectivity index (χ3v) is 4.27. The van der Waals surface area contributed by atoms with Gasteiger partial charge >= 0.3 is 0 Å². The third kappa shape index (κ3) is 3.40. The van der Waals surface area contributed by atoms with Crippen LogP contribution in [-0.2, 0) is 0 Å². The van der Waals surface area contributed by atoms with E-state index in [9.17, 15) is 0 Å². The van der Waals surface area contributed by atoms with E-state index in [1.807, 2.05) is 6.92 Å². The highest BCUT2D eigenvalue weighted by atomic mass is 79.9. The lowest BCUT2D eigenvalue weighted by atomic mass is 10.1. The maximum absolute atomic E-state index is 4.52. The monoisotopic (exact) mass is 324 g/mol. The zero-order valence-corrected chi connectivity index (χ0v) is 13.2. The van der Waals surface area contributed by atoms with Crippen LogP contribution in [0.3, 0.4) is 0 Å². The molecule has 1 aromatic carbocycles. The van der Waals surface area contributed by atoms with Crippen LogP contribution < -0.4 is 5.32 Å². The largest absolute Gasteiger partial charge is 0.302 e. The number of nitrogens with one attached hydrogen (secondary N) is 1. The average Bonchev–Trinajstić information content (AvgIpc) is 2.76. The first-order chi connectivity index (χ1) is 8.56. The van der Waals surface area contributed by atoms with Crippen molar-refractivity contribution >= 4 is 27.3 Å². The molecule has 2 nitrogen and oxygen atoms in total. The topological polar surface area (TPSA) is 24.9 Å². The Hall–Kier alpha value is -0.710. The van der Waals surface area contributed by atoms with E-state index in [0.29, 0.717) is 6.04 Å². The molecule has 2 atom stereocenters. The lowest BCUT2D eigenvalue weighted by Crippen LogP contribution is -2.22. The molecule has 2 unspecified atom stereocenters. The molecule has 0 fully saturated rings. The van der Waals surface area contributed by atoms with Crippen molar-refractivity contribution in [3.63, 3.8) is 0 Å². The van der Waals surface area contributed by atoms with Gasteiger partial charge in [0.1, 0.15) is 0 Å². The second-order valence-electron chi connectivity index (χ2n) is 4.45. The predicted octanol–water partition coefficient (Wildman–Crippen LogP) is 4.63. The van der Waals surface area contributed by atoms with E-state index in [1.165, 1.54) is 5.56 Å². The summed E-state index contributed by atoms with van der Waals surface area (Å²) in [5.74, 6) is 0. The van der Waals surface area contributed by atoms with Gasteiger partial charge in [0.2, 0.25) is 0 Å². The van der Waals surface area contributed by atoms with Gasteiger partial charge in [-0.05, 0) is 38.5 Å². The van der Waals surface area contributed by atoms with Gasteiger partial charge < -0.3 is 5.32 Å². The van der Waals surface area contributed by atoms with Crippen LogP contribution in [0, 0.1) is 6.92 Å². The van der Waals surface area contributed by atoms with Crippen molar-refractivity contribution in [1.82, 2.24) is 10.3 Å². The molecule has 1 N–H and O–H groups in total. The number of halogens is 1. The van der Waals surface area contributed by atoms with E-state index >= 15 is 0 Å². The van der Waals surface area contributed by atoms with Crippen LogP contribution >= 0.6 is 27.3 Å². The highest BCUT2D eigenvalue weighted by Gasteiger charge is 2.13. The van der Waals surface area contributed by atoms with E-state index in [-0.39, 0.29) is 6.04 Å². The molecule has 0 amide bonds. The maximum Gasteiger partial charge on any atom is 0.0898 e. The molecule has 18 heavy (non-hydrogen) atoms. The van der Waals surface area contributed by atoms with Gasteiger partial charge in [0.25, 0.3) is 0 Å². The molecular formula is C14H17BrN2S. The van der Waals surface area contributed by atoms with Crippen LogP contribution in [0.15, 0.2) is 34.1 Å². The summed E-state index contributed by atoms with van der Waals surface area (Å²) in [6.07, 6.45) is 0. The number of benzene rings is 1. The van der Waals surface area contributed by atoms with Crippen LogP contribution in [0.2, 0.25) is 0 Å². The molecule has 0 spiro atoms. The molecule has 1 aromatic heterocycles. The van der Waals surface area contributed by atoms with Gasteiger partial charge in [0, 0.05) is 21.9 Å². The van der Waals surface area contributed by atoms with Crippen LogP contribution in [0.5, 0.6) is 0 Å². The van der Waals surface area contributed by atoms with E-state index in [1.54, 1.807) is 11.3 Å². The number of thiazole rings is 1. The Bertz CT molecular complexity index is 507. The second-order valence-corrected chi connectivity index (χ2v) is 6.43. The molecule has 0 radical (unpaired) electrons. The van der Waals surface area contributed by atoms with Crippen molar-refractivity contribution in [2.24, 2.45) is 0 Å². The van der Waals surface area contributed by atoms with Crippen molar-refractivity contribution in [1.29, 1.82) is 0 Å². The fourth-order valence-corrected chi connectivity index (χ4v) is 2.86. The third-order valence-electron chi connectivity index (χ3n) is 2.95. The lowest BCUT2D eigenvalue weighted by molar-refractivity contribution is 0.487. The Morgan fingerprint density at radius 1 is 1.17 bits per heavy atom. The number of aromatic nitrogens is 1. The zero-order chi connectivity index (χ0) is 13.1. The Morgan fingerprint density at radius 2 is 1.83 bits per heavy atom. The smallest absolute Gasteiger partial charge is 0.0898 e. The standard InChI is InChI=1S/C14H17BrN2S/c1-9(12-4-6-13(15)7-5-12)16-10(2)14-8-18-11(3)17-14/h4-10,16H,1-3H3. The quantitative estimate of drug-likeness (QED) is 0.887. The van der Waals surface area contributed by atoms with Gasteiger partial charge in [-0.1, -0.05) is 28.1 Å². The number of rotatable bonds is 4. The Balaban J connectivity index is 2.02. The number of aryl methyl sites for hydroxylation is 1. The Kier molecular flexibility index (Phi) is 4.54. The highest BCUT2D eigenvalue weighted by molar-refractivity contribution is 9.10. The minimum Gasteiger partial charge on any atom is -0.302 e. The predicted molar refractivity (Wildman–Crippen MR) is 81.0 cm³/mol. The molecule has 4 heteroatoms. The average molecular weight is 325 g/mol. The summed E-state index contributed by atoms with van der Waals surface area (Å²) in [6.45, 7) is 6.38. The molecule has 0 saturated heterocycles. The molecule has 2 aromatic rings. The van der Waals surface area contributed by atoms with Gasteiger partial charge in [0.15, 0.2) is 0 Å². The van der Waals surface area contributed by atoms with Crippen LogP contribution in [0.4, 0.5) is 0 Å². The molecule has 2 rings (SSSR count). The number of hydrogen-bond donors (Lipinski definition) is 1. The molecule has 0 saturated carbocycles. The zero-order valence-electron chi connectivity index (χ0n) is 10.8. The second kappa shape index (κ2) is 5.95. The van der Waals surface area contributed by atoms with Crippen molar-refractivity contribution in [3.8, 4) is 0 Å². The molecule has 96 valence electrons. The van der Waals surface area contributed by atoms with Crippen molar-refractivity contribution < 1.29 is 0 Å². The molecular weight excluding hydrogens is 308 g/mol. The Labute approximate surface area is 121 Å². The number of hydrogen-bond acceptors (Lipinski definition) is 3. The highest BCUT2D eigenvalue weighted by Crippen LogP contribution is 2.21. The van der Waals surface area contributed by atoms with Gasteiger partial charge in [-0.25, -0.2) is 4.98 Å². The fourth-order valence-electron chi connectivity index (χ4n) is 1.89. The van der Waals surface area contributed by atoms with Crippen molar-refractivity contribution in [2.75, 3.05) is 0 Å². The lowest BCUT2D eigenvalue weighted by Gasteiger charge is -2.19. The van der Waals surface area contributed by atoms with Crippen LogP contribution in [0.25, 0.3) is 0 Å². The Morgan fingerprint density at radius 3 is 2.39 bits per heavy atom. The first kappa shape index (κ1) is 13.7. The van der Waals surface area contributed by atoms with E-state index in [2.05, 4.69) is 69.7 Å².